The maximum atomic E-state index is 13.3. The van der Waals surface area contributed by atoms with Crippen molar-refractivity contribution >= 4 is 5.69 Å². The zero-order valence-corrected chi connectivity index (χ0v) is 14.7. The number of rotatable bonds is 3. The van der Waals surface area contributed by atoms with Crippen LogP contribution in [-0.2, 0) is 11.3 Å². The van der Waals surface area contributed by atoms with Gasteiger partial charge in [0, 0.05) is 43.8 Å². The van der Waals surface area contributed by atoms with Crippen molar-refractivity contribution in [2.24, 2.45) is 5.92 Å². The Labute approximate surface area is 152 Å². The first-order chi connectivity index (χ1) is 12.7. The molecule has 2 aromatic rings. The van der Waals surface area contributed by atoms with Crippen molar-refractivity contribution in [1.82, 2.24) is 9.88 Å². The third-order valence-corrected chi connectivity index (χ3v) is 5.32. The normalized spacial score (nSPS) is 24.2. The largest absolute Gasteiger partial charge is 0.379 e. The van der Waals surface area contributed by atoms with Gasteiger partial charge in [-0.3, -0.25) is 9.88 Å². The third kappa shape index (κ3) is 3.86. The van der Waals surface area contributed by atoms with E-state index < -0.39 is 0 Å². The second-order valence-electron chi connectivity index (χ2n) is 7.06. The predicted molar refractivity (Wildman–Crippen MR) is 95.9 cm³/mol. The average Bonchev–Trinajstić information content (AvgIpc) is 2.86. The maximum absolute atomic E-state index is 13.3. The summed E-state index contributed by atoms with van der Waals surface area (Å²) in [6, 6.07) is 10.3. The summed E-state index contributed by atoms with van der Waals surface area (Å²) in [4.78, 5) is 8.90. The van der Waals surface area contributed by atoms with Crippen LogP contribution in [0.3, 0.4) is 0 Å². The standard InChI is InChI=1S/C20H23F2N3O/c21-16-2-5-19(6-3-16)25-9-10-26-14-15-12-24(8-7-20(15)25)13-18-4-1-17(22)11-23-18/h1-6,11,15,20H,7-10,12-14H2/t15-,20+/m1/s1. The van der Waals surface area contributed by atoms with E-state index in [1.54, 1.807) is 6.07 Å². The molecule has 2 atom stereocenters. The van der Waals surface area contributed by atoms with Gasteiger partial charge in [0.25, 0.3) is 0 Å². The van der Waals surface area contributed by atoms with Crippen LogP contribution in [0.2, 0.25) is 0 Å². The number of halogens is 2. The Kier molecular flexibility index (Phi) is 5.13. The first kappa shape index (κ1) is 17.4. The van der Waals surface area contributed by atoms with Gasteiger partial charge < -0.3 is 9.64 Å². The van der Waals surface area contributed by atoms with Crippen molar-refractivity contribution in [2.75, 3.05) is 37.7 Å². The Bertz CT molecular complexity index is 723. The molecule has 6 heteroatoms. The van der Waals surface area contributed by atoms with Crippen LogP contribution in [0.1, 0.15) is 12.1 Å². The molecule has 0 unspecified atom stereocenters. The van der Waals surface area contributed by atoms with E-state index in [1.807, 2.05) is 12.1 Å². The van der Waals surface area contributed by atoms with Crippen LogP contribution < -0.4 is 4.90 Å². The summed E-state index contributed by atoms with van der Waals surface area (Å²) >= 11 is 0. The Balaban J connectivity index is 1.46. The van der Waals surface area contributed by atoms with Crippen LogP contribution in [0.4, 0.5) is 14.5 Å². The second-order valence-corrected chi connectivity index (χ2v) is 7.06. The number of hydrogen-bond donors (Lipinski definition) is 0. The van der Waals surface area contributed by atoms with Gasteiger partial charge in [0.05, 0.1) is 25.1 Å². The molecule has 2 aliphatic heterocycles. The molecule has 0 bridgehead atoms. The number of piperidine rings is 1. The van der Waals surface area contributed by atoms with Crippen LogP contribution in [0.25, 0.3) is 0 Å². The lowest BCUT2D eigenvalue weighted by molar-refractivity contribution is 0.0704. The monoisotopic (exact) mass is 359 g/mol. The fourth-order valence-corrected chi connectivity index (χ4v) is 4.06. The molecule has 2 fully saturated rings. The summed E-state index contributed by atoms with van der Waals surface area (Å²) in [6.45, 7) is 4.84. The van der Waals surface area contributed by atoms with Gasteiger partial charge >= 0.3 is 0 Å². The van der Waals surface area contributed by atoms with E-state index in [0.717, 1.165) is 50.6 Å². The fourth-order valence-electron chi connectivity index (χ4n) is 4.06. The maximum Gasteiger partial charge on any atom is 0.141 e. The molecule has 0 N–H and O–H groups in total. The van der Waals surface area contributed by atoms with Gasteiger partial charge in [0.2, 0.25) is 0 Å². The van der Waals surface area contributed by atoms with E-state index in [1.165, 1.54) is 24.4 Å². The van der Waals surface area contributed by atoms with Crippen LogP contribution in [-0.4, -0.2) is 48.8 Å². The molecule has 26 heavy (non-hydrogen) atoms. The molecule has 4 rings (SSSR count). The third-order valence-electron chi connectivity index (χ3n) is 5.32. The van der Waals surface area contributed by atoms with Gasteiger partial charge in [-0.25, -0.2) is 8.78 Å². The number of ether oxygens (including phenoxy) is 1. The van der Waals surface area contributed by atoms with Crippen molar-refractivity contribution in [3.05, 3.63) is 59.9 Å². The molecule has 138 valence electrons. The lowest BCUT2D eigenvalue weighted by Gasteiger charge is -2.43. The van der Waals surface area contributed by atoms with Crippen molar-refractivity contribution < 1.29 is 13.5 Å². The van der Waals surface area contributed by atoms with E-state index in [4.69, 9.17) is 4.74 Å². The lowest BCUT2D eigenvalue weighted by atomic mass is 9.91. The molecule has 1 aromatic heterocycles. The Morgan fingerprint density at radius 1 is 1.04 bits per heavy atom. The zero-order valence-electron chi connectivity index (χ0n) is 14.7. The number of aromatic nitrogens is 1. The topological polar surface area (TPSA) is 28.6 Å². The number of anilines is 1. The van der Waals surface area contributed by atoms with E-state index in [2.05, 4.69) is 14.8 Å². The fraction of sp³-hybridized carbons (Fsp3) is 0.450. The number of hydrogen-bond acceptors (Lipinski definition) is 4. The number of nitrogens with zero attached hydrogens (tertiary/aromatic N) is 3. The minimum atomic E-state index is -0.306. The van der Waals surface area contributed by atoms with Gasteiger partial charge in [-0.15, -0.1) is 0 Å². The summed E-state index contributed by atoms with van der Waals surface area (Å²) in [5, 5.41) is 0. The number of benzene rings is 1. The SMILES string of the molecule is Fc1ccc(N2CCOC[C@H]3CN(Cc4ccc(F)cn4)CC[C@@H]32)cc1. The highest BCUT2D eigenvalue weighted by Crippen LogP contribution is 2.30. The minimum Gasteiger partial charge on any atom is -0.379 e. The van der Waals surface area contributed by atoms with Gasteiger partial charge in [-0.2, -0.15) is 0 Å². The lowest BCUT2D eigenvalue weighted by Crippen LogP contribution is -2.51. The van der Waals surface area contributed by atoms with Crippen molar-refractivity contribution in [3.8, 4) is 0 Å². The molecule has 1 aromatic carbocycles. The first-order valence-corrected chi connectivity index (χ1v) is 9.12. The summed E-state index contributed by atoms with van der Waals surface area (Å²) in [5.41, 5.74) is 1.94. The number of fused-ring (bicyclic) bond motifs is 1. The highest BCUT2D eigenvalue weighted by Gasteiger charge is 2.35. The molecule has 3 heterocycles. The van der Waals surface area contributed by atoms with E-state index in [-0.39, 0.29) is 11.6 Å². The number of likely N-dealkylation sites (tertiary alicyclic amines) is 1. The average molecular weight is 359 g/mol. The number of pyridine rings is 1. The van der Waals surface area contributed by atoms with E-state index >= 15 is 0 Å². The Hall–Kier alpha value is -2.05. The van der Waals surface area contributed by atoms with Crippen molar-refractivity contribution in [1.29, 1.82) is 0 Å². The van der Waals surface area contributed by atoms with Crippen LogP contribution >= 0.6 is 0 Å². The van der Waals surface area contributed by atoms with Gasteiger partial charge in [-0.1, -0.05) is 0 Å². The molecular formula is C20H23F2N3O. The van der Waals surface area contributed by atoms with Gasteiger partial charge in [-0.05, 0) is 42.8 Å². The summed E-state index contributed by atoms with van der Waals surface area (Å²) < 4.78 is 32.2. The van der Waals surface area contributed by atoms with Gasteiger partial charge in [0.15, 0.2) is 0 Å². The molecule has 0 saturated carbocycles. The molecule has 4 nitrogen and oxygen atoms in total. The first-order valence-electron chi connectivity index (χ1n) is 9.12. The van der Waals surface area contributed by atoms with E-state index in [9.17, 15) is 8.78 Å². The molecule has 0 amide bonds. The van der Waals surface area contributed by atoms with Crippen LogP contribution in [0.15, 0.2) is 42.6 Å². The Morgan fingerprint density at radius 3 is 2.62 bits per heavy atom. The summed E-state index contributed by atoms with van der Waals surface area (Å²) in [5.74, 6) is -0.130. The van der Waals surface area contributed by atoms with Crippen molar-refractivity contribution in [3.63, 3.8) is 0 Å². The van der Waals surface area contributed by atoms with Crippen LogP contribution in [0, 0.1) is 17.6 Å². The smallest absolute Gasteiger partial charge is 0.141 e. The highest BCUT2D eigenvalue weighted by atomic mass is 19.1. The summed E-state index contributed by atoms with van der Waals surface area (Å²) in [6.07, 6.45) is 2.29. The molecule has 0 spiro atoms. The predicted octanol–water partition coefficient (Wildman–Crippen LogP) is 3.09. The van der Waals surface area contributed by atoms with Crippen LogP contribution in [0.5, 0.6) is 0 Å². The highest BCUT2D eigenvalue weighted by molar-refractivity contribution is 5.48. The van der Waals surface area contributed by atoms with Gasteiger partial charge in [0.1, 0.15) is 11.6 Å². The molecule has 0 aliphatic carbocycles. The molecule has 2 saturated heterocycles. The molecular weight excluding hydrogens is 336 g/mol. The summed E-state index contributed by atoms with van der Waals surface area (Å²) in [7, 11) is 0. The second kappa shape index (κ2) is 7.68. The van der Waals surface area contributed by atoms with Crippen molar-refractivity contribution in [2.45, 2.75) is 19.0 Å². The molecule has 0 radical (unpaired) electrons. The molecule has 2 aliphatic rings. The quantitative estimate of drug-likeness (QED) is 0.842. The zero-order chi connectivity index (χ0) is 17.9. The minimum absolute atomic E-state index is 0.210. The Morgan fingerprint density at radius 2 is 1.85 bits per heavy atom. The van der Waals surface area contributed by atoms with E-state index in [0.29, 0.717) is 18.6 Å².